The van der Waals surface area contributed by atoms with Gasteiger partial charge in [-0.1, -0.05) is 0 Å². The van der Waals surface area contributed by atoms with E-state index >= 15 is 0 Å². The fourth-order valence-electron chi connectivity index (χ4n) is 2.05. The van der Waals surface area contributed by atoms with E-state index in [9.17, 15) is 9.90 Å². The molecule has 0 unspecified atom stereocenters. The summed E-state index contributed by atoms with van der Waals surface area (Å²) in [6.45, 7) is 3.97. The van der Waals surface area contributed by atoms with Crippen molar-refractivity contribution in [2.45, 2.75) is 32.3 Å². The number of aromatic hydroxyl groups is 1. The van der Waals surface area contributed by atoms with Gasteiger partial charge < -0.3 is 14.6 Å². The summed E-state index contributed by atoms with van der Waals surface area (Å²) in [5.74, 6) is 0.143. The number of carbonyl (C=O) groups excluding carboxylic acids is 1. The SMILES string of the molecule is COC(=O)c1cc(O)cc2c1CCC(C)(C)O2. The Morgan fingerprint density at radius 3 is 2.82 bits per heavy atom. The van der Waals surface area contributed by atoms with Crippen LogP contribution in [-0.2, 0) is 11.2 Å². The molecule has 0 radical (unpaired) electrons. The third-order valence-corrected chi connectivity index (χ3v) is 2.96. The Labute approximate surface area is 100 Å². The lowest BCUT2D eigenvalue weighted by atomic mass is 9.91. The molecular formula is C13H16O4. The lowest BCUT2D eigenvalue weighted by Crippen LogP contribution is -2.33. The largest absolute Gasteiger partial charge is 0.508 e. The van der Waals surface area contributed by atoms with Crippen LogP contribution in [0.15, 0.2) is 12.1 Å². The van der Waals surface area contributed by atoms with Gasteiger partial charge in [-0.25, -0.2) is 4.79 Å². The number of methoxy groups -OCH3 is 1. The van der Waals surface area contributed by atoms with Gasteiger partial charge in [0.1, 0.15) is 17.1 Å². The van der Waals surface area contributed by atoms with Gasteiger partial charge in [0.25, 0.3) is 0 Å². The highest BCUT2D eigenvalue weighted by Gasteiger charge is 2.30. The molecule has 92 valence electrons. The highest BCUT2D eigenvalue weighted by molar-refractivity contribution is 5.92. The number of hydrogen-bond acceptors (Lipinski definition) is 4. The summed E-state index contributed by atoms with van der Waals surface area (Å²) in [5, 5.41) is 9.60. The number of esters is 1. The van der Waals surface area contributed by atoms with Crippen molar-refractivity contribution >= 4 is 5.97 Å². The van der Waals surface area contributed by atoms with Crippen LogP contribution in [0.4, 0.5) is 0 Å². The minimum Gasteiger partial charge on any atom is -0.508 e. The van der Waals surface area contributed by atoms with Crippen molar-refractivity contribution in [1.29, 1.82) is 0 Å². The maximum atomic E-state index is 11.6. The Hall–Kier alpha value is -1.71. The minimum absolute atomic E-state index is 0.0156. The molecule has 0 saturated carbocycles. The summed E-state index contributed by atoms with van der Waals surface area (Å²) in [6, 6.07) is 2.97. The average molecular weight is 236 g/mol. The van der Waals surface area contributed by atoms with Crippen LogP contribution in [0.1, 0.15) is 36.2 Å². The quantitative estimate of drug-likeness (QED) is 0.760. The molecule has 0 fully saturated rings. The zero-order valence-electron chi connectivity index (χ0n) is 10.2. The number of phenolic OH excluding ortho intramolecular Hbond substituents is 1. The third kappa shape index (κ3) is 2.20. The van der Waals surface area contributed by atoms with E-state index in [1.807, 2.05) is 13.8 Å². The average Bonchev–Trinajstić information content (AvgIpc) is 2.25. The Balaban J connectivity index is 2.51. The van der Waals surface area contributed by atoms with Gasteiger partial charge in [0, 0.05) is 11.6 Å². The summed E-state index contributed by atoms with van der Waals surface area (Å²) in [6.07, 6.45) is 1.57. The van der Waals surface area contributed by atoms with Crippen molar-refractivity contribution in [3.8, 4) is 11.5 Å². The molecule has 1 aromatic rings. The summed E-state index contributed by atoms with van der Waals surface area (Å²) >= 11 is 0. The van der Waals surface area contributed by atoms with Gasteiger partial charge in [-0.15, -0.1) is 0 Å². The number of carbonyl (C=O) groups is 1. The van der Waals surface area contributed by atoms with E-state index in [4.69, 9.17) is 9.47 Å². The first-order chi connectivity index (χ1) is 7.93. The Bertz CT molecular complexity index is 463. The van der Waals surface area contributed by atoms with Crippen molar-refractivity contribution in [3.63, 3.8) is 0 Å². The summed E-state index contributed by atoms with van der Waals surface area (Å²) in [7, 11) is 1.33. The molecule has 1 aromatic carbocycles. The molecule has 0 saturated heterocycles. The second kappa shape index (κ2) is 3.95. The molecule has 4 nitrogen and oxygen atoms in total. The van der Waals surface area contributed by atoms with Crippen LogP contribution < -0.4 is 4.74 Å². The van der Waals surface area contributed by atoms with Crippen molar-refractivity contribution in [2.75, 3.05) is 7.11 Å². The second-order valence-electron chi connectivity index (χ2n) is 4.82. The number of phenols is 1. The van der Waals surface area contributed by atoms with Crippen molar-refractivity contribution in [1.82, 2.24) is 0 Å². The number of ether oxygens (including phenoxy) is 2. The standard InChI is InChI=1S/C13H16O4/c1-13(2)5-4-9-10(12(15)16-3)6-8(14)7-11(9)17-13/h6-7,14H,4-5H2,1-3H3. The van der Waals surface area contributed by atoms with Crippen LogP contribution in [0, 0.1) is 0 Å². The number of hydrogen-bond donors (Lipinski definition) is 1. The predicted molar refractivity (Wildman–Crippen MR) is 62.5 cm³/mol. The van der Waals surface area contributed by atoms with Crippen molar-refractivity contribution in [3.05, 3.63) is 23.3 Å². The molecule has 0 aliphatic carbocycles. The van der Waals surface area contributed by atoms with Gasteiger partial charge in [-0.05, 0) is 32.8 Å². The fourth-order valence-corrected chi connectivity index (χ4v) is 2.05. The number of fused-ring (bicyclic) bond motifs is 1. The van der Waals surface area contributed by atoms with Gasteiger partial charge >= 0.3 is 5.97 Å². The Morgan fingerprint density at radius 2 is 2.18 bits per heavy atom. The third-order valence-electron chi connectivity index (χ3n) is 2.96. The molecule has 2 rings (SSSR count). The number of rotatable bonds is 1. The second-order valence-corrected chi connectivity index (χ2v) is 4.82. The van der Waals surface area contributed by atoms with Crippen LogP contribution in [-0.4, -0.2) is 23.8 Å². The molecule has 0 bridgehead atoms. The monoisotopic (exact) mass is 236 g/mol. The molecular weight excluding hydrogens is 220 g/mol. The maximum absolute atomic E-state index is 11.6. The van der Waals surface area contributed by atoms with Gasteiger partial charge in [0.15, 0.2) is 0 Å². The molecule has 1 heterocycles. The number of benzene rings is 1. The van der Waals surface area contributed by atoms with Crippen LogP contribution >= 0.6 is 0 Å². The zero-order valence-corrected chi connectivity index (χ0v) is 10.2. The maximum Gasteiger partial charge on any atom is 0.338 e. The first kappa shape index (κ1) is 11.8. The van der Waals surface area contributed by atoms with Crippen molar-refractivity contribution in [2.24, 2.45) is 0 Å². The van der Waals surface area contributed by atoms with E-state index in [1.165, 1.54) is 13.2 Å². The first-order valence-electron chi connectivity index (χ1n) is 5.56. The van der Waals surface area contributed by atoms with Gasteiger partial charge in [0.2, 0.25) is 0 Å². The van der Waals surface area contributed by atoms with Gasteiger partial charge in [-0.3, -0.25) is 0 Å². The summed E-state index contributed by atoms with van der Waals surface area (Å²) in [5.41, 5.74) is 0.931. The molecule has 0 atom stereocenters. The minimum atomic E-state index is -0.444. The predicted octanol–water partition coefficient (Wildman–Crippen LogP) is 2.28. The molecule has 0 amide bonds. The van der Waals surface area contributed by atoms with Crippen LogP contribution in [0.25, 0.3) is 0 Å². The zero-order chi connectivity index (χ0) is 12.6. The van der Waals surface area contributed by atoms with E-state index in [-0.39, 0.29) is 11.4 Å². The normalized spacial score (nSPS) is 16.9. The van der Waals surface area contributed by atoms with E-state index in [0.29, 0.717) is 11.3 Å². The molecule has 0 spiro atoms. The first-order valence-corrected chi connectivity index (χ1v) is 5.56. The molecule has 1 aliphatic heterocycles. The van der Waals surface area contributed by atoms with Crippen LogP contribution in [0.2, 0.25) is 0 Å². The van der Waals surface area contributed by atoms with Crippen molar-refractivity contribution < 1.29 is 19.4 Å². The smallest absolute Gasteiger partial charge is 0.338 e. The highest BCUT2D eigenvalue weighted by atomic mass is 16.5. The molecule has 1 N–H and O–H groups in total. The summed E-state index contributed by atoms with van der Waals surface area (Å²) in [4.78, 5) is 11.6. The topological polar surface area (TPSA) is 55.8 Å². The van der Waals surface area contributed by atoms with E-state index < -0.39 is 5.97 Å². The van der Waals surface area contributed by atoms with E-state index in [1.54, 1.807) is 6.07 Å². The Morgan fingerprint density at radius 1 is 1.47 bits per heavy atom. The molecule has 17 heavy (non-hydrogen) atoms. The van der Waals surface area contributed by atoms with E-state index in [0.717, 1.165) is 18.4 Å². The fraction of sp³-hybridized carbons (Fsp3) is 0.462. The summed E-state index contributed by atoms with van der Waals surface area (Å²) < 4.78 is 10.5. The van der Waals surface area contributed by atoms with Crippen LogP contribution in [0.3, 0.4) is 0 Å². The molecule has 1 aliphatic rings. The molecule has 4 heteroatoms. The lowest BCUT2D eigenvalue weighted by molar-refractivity contribution is 0.0584. The van der Waals surface area contributed by atoms with Crippen LogP contribution in [0.5, 0.6) is 11.5 Å². The highest BCUT2D eigenvalue weighted by Crippen LogP contribution is 2.37. The molecule has 0 aromatic heterocycles. The Kier molecular flexibility index (Phi) is 2.73. The van der Waals surface area contributed by atoms with Gasteiger partial charge in [-0.2, -0.15) is 0 Å². The van der Waals surface area contributed by atoms with E-state index in [2.05, 4.69) is 0 Å². The van der Waals surface area contributed by atoms with Gasteiger partial charge in [0.05, 0.1) is 12.7 Å². The lowest BCUT2D eigenvalue weighted by Gasteiger charge is -2.33.